The fourth-order valence-electron chi connectivity index (χ4n) is 9.45. The normalized spacial score (nSPS) is 17.3. The molecule has 0 radical (unpaired) electrons. The number of hydrogen-bond acceptors (Lipinski definition) is 14. The van der Waals surface area contributed by atoms with Gasteiger partial charge < -0.3 is 58.9 Å². The molecule has 0 aliphatic carbocycles. The Morgan fingerprint density at radius 2 is 1.32 bits per heavy atom. The molecule has 1 heterocycles. The van der Waals surface area contributed by atoms with Crippen LogP contribution in [0.4, 0.5) is 0 Å². The lowest BCUT2D eigenvalue weighted by atomic mass is 9.89. The number of likely N-dealkylation sites (tertiary alicyclic amines) is 1. The fraction of sp³-hybridized carbons (Fsp3) is 0.782. The van der Waals surface area contributed by atoms with E-state index in [9.17, 15) is 28.8 Å². The van der Waals surface area contributed by atoms with E-state index in [4.69, 9.17) is 33.2 Å². The molecule has 9 atom stereocenters. The average molecular weight is 1050 g/mol. The lowest BCUT2D eigenvalue weighted by Gasteiger charge is -2.41. The summed E-state index contributed by atoms with van der Waals surface area (Å²) in [5.41, 5.74) is 0.343. The summed E-state index contributed by atoms with van der Waals surface area (Å²) >= 11 is 0. The summed E-state index contributed by atoms with van der Waals surface area (Å²) in [5, 5.41) is 8.92. The van der Waals surface area contributed by atoms with Crippen molar-refractivity contribution in [2.24, 2.45) is 23.7 Å². The average Bonchev–Trinajstić information content (AvgIpc) is 3.82. The van der Waals surface area contributed by atoms with Crippen LogP contribution in [-0.4, -0.2) is 200 Å². The van der Waals surface area contributed by atoms with Gasteiger partial charge in [-0.3, -0.25) is 33.7 Å². The summed E-state index contributed by atoms with van der Waals surface area (Å²) in [6.45, 7) is 22.3. The lowest BCUT2D eigenvalue weighted by molar-refractivity contribution is -0.156. The summed E-state index contributed by atoms with van der Waals surface area (Å²) in [4.78, 5) is 87.2. The van der Waals surface area contributed by atoms with Crippen molar-refractivity contribution in [3.05, 3.63) is 35.9 Å². The molecule has 1 aromatic carbocycles. The van der Waals surface area contributed by atoms with Crippen molar-refractivity contribution in [3.8, 4) is 0 Å². The van der Waals surface area contributed by atoms with Gasteiger partial charge in [-0.15, -0.1) is 0 Å². The van der Waals surface area contributed by atoms with Crippen LogP contribution in [0, 0.1) is 23.7 Å². The molecule has 2 rings (SSSR count). The number of esters is 1. The molecule has 1 aliphatic rings. The number of methoxy groups -OCH3 is 2. The van der Waals surface area contributed by atoms with E-state index in [1.54, 1.807) is 30.9 Å². The molecular formula is C55H96N6O13. The van der Waals surface area contributed by atoms with Crippen molar-refractivity contribution in [1.29, 1.82) is 0 Å². The number of rotatable bonds is 36. The maximum atomic E-state index is 14.5. The van der Waals surface area contributed by atoms with Crippen molar-refractivity contribution < 1.29 is 61.9 Å². The molecule has 74 heavy (non-hydrogen) atoms. The van der Waals surface area contributed by atoms with Gasteiger partial charge in [-0.1, -0.05) is 85.2 Å². The quantitative estimate of drug-likeness (QED) is 0.0633. The van der Waals surface area contributed by atoms with E-state index >= 15 is 0 Å². The number of likely N-dealkylation sites (N-methyl/N-ethyl adjacent to an activating group) is 2. The van der Waals surface area contributed by atoms with Gasteiger partial charge in [0.1, 0.15) is 17.7 Å². The monoisotopic (exact) mass is 1050 g/mol. The van der Waals surface area contributed by atoms with Crippen molar-refractivity contribution in [3.63, 3.8) is 0 Å². The Hall–Kier alpha value is -4.24. The Kier molecular flexibility index (Phi) is 30.6. The van der Waals surface area contributed by atoms with E-state index in [1.807, 2.05) is 112 Å². The van der Waals surface area contributed by atoms with E-state index in [0.29, 0.717) is 65.4 Å². The lowest BCUT2D eigenvalue weighted by Crippen LogP contribution is -2.59. The fourth-order valence-corrected chi connectivity index (χ4v) is 9.45. The van der Waals surface area contributed by atoms with Gasteiger partial charge in [0.2, 0.25) is 29.5 Å². The van der Waals surface area contributed by atoms with Crippen LogP contribution in [-0.2, 0) is 68.3 Å². The molecule has 19 heteroatoms. The number of carbonyl (C=O) groups is 6. The molecule has 1 aromatic rings. The third-order valence-corrected chi connectivity index (χ3v) is 13.4. The third-order valence-electron chi connectivity index (χ3n) is 13.4. The minimum atomic E-state index is -0.905. The molecule has 5 amide bonds. The van der Waals surface area contributed by atoms with Crippen LogP contribution in [0.1, 0.15) is 107 Å². The Morgan fingerprint density at radius 3 is 1.84 bits per heavy atom. The van der Waals surface area contributed by atoms with E-state index in [0.717, 1.165) is 5.56 Å². The summed E-state index contributed by atoms with van der Waals surface area (Å²) in [6, 6.07) is 6.38. The van der Waals surface area contributed by atoms with Gasteiger partial charge in [-0.25, -0.2) is 0 Å². The highest BCUT2D eigenvalue weighted by Gasteiger charge is 2.43. The number of amides is 5. The molecule has 0 saturated carbocycles. The summed E-state index contributed by atoms with van der Waals surface area (Å²) < 4.78 is 39.5. The number of nitrogens with zero attached hydrogens (tertiary/aromatic N) is 3. The van der Waals surface area contributed by atoms with Gasteiger partial charge in [0, 0.05) is 40.8 Å². The van der Waals surface area contributed by atoms with Crippen LogP contribution in [0.15, 0.2) is 30.3 Å². The largest absolute Gasteiger partial charge is 0.460 e. The van der Waals surface area contributed by atoms with Gasteiger partial charge in [-0.05, 0) is 71.0 Å². The molecule has 1 saturated heterocycles. The van der Waals surface area contributed by atoms with Gasteiger partial charge in [0.05, 0.1) is 102 Å². The number of nitrogens with one attached hydrogen (secondary N) is 3. The van der Waals surface area contributed by atoms with E-state index in [1.165, 1.54) is 7.11 Å². The van der Waals surface area contributed by atoms with Crippen LogP contribution in [0.5, 0.6) is 0 Å². The van der Waals surface area contributed by atoms with Crippen LogP contribution >= 0.6 is 0 Å². The second-order valence-corrected chi connectivity index (χ2v) is 21.3. The molecular weight excluding hydrogens is 953 g/mol. The maximum absolute atomic E-state index is 14.5. The highest BCUT2D eigenvalue weighted by atomic mass is 16.6. The van der Waals surface area contributed by atoms with Crippen molar-refractivity contribution in [2.75, 3.05) is 101 Å². The maximum Gasteiger partial charge on any atom is 0.308 e. The first-order valence-electron chi connectivity index (χ1n) is 26.7. The standard InChI is InChI=1S/C55H96N6O13/c1-16-39(6)49(60(13)54(67)47(37(2)3)58-53(66)48(38(4)5)59(11)12)44(68-14)36-45(62)61-26-20-23-43(61)50(69-15)40(7)51(64)57-42(35-41-21-18-17-19-22-41)52(65)56-25-28-71-30-32-73-34-33-72-31-29-70-27-24-46(63)74-55(8,9)10/h17-19,21-22,37-40,42-44,47-50H,16,20,23-36H2,1-15H3,(H,56,65)(H,57,64)(H,58,66)/t39-,40+,42-,43-,44+,47-,48-,49-,50+/m0/s1. The highest BCUT2D eigenvalue weighted by molar-refractivity contribution is 5.91. The predicted molar refractivity (Wildman–Crippen MR) is 284 cm³/mol. The second kappa shape index (κ2) is 34.4. The first-order chi connectivity index (χ1) is 35.0. The smallest absolute Gasteiger partial charge is 0.308 e. The van der Waals surface area contributed by atoms with Crippen LogP contribution in [0.2, 0.25) is 0 Å². The van der Waals surface area contributed by atoms with E-state index in [-0.39, 0.29) is 92.3 Å². The van der Waals surface area contributed by atoms with Crippen molar-refractivity contribution in [1.82, 2.24) is 30.7 Å². The molecule has 0 unspecified atom stereocenters. The minimum Gasteiger partial charge on any atom is -0.460 e. The van der Waals surface area contributed by atoms with E-state index < -0.39 is 53.9 Å². The van der Waals surface area contributed by atoms with Gasteiger partial charge in [0.15, 0.2) is 0 Å². The summed E-state index contributed by atoms with van der Waals surface area (Å²) in [7, 11) is 8.50. The number of benzene rings is 1. The zero-order chi connectivity index (χ0) is 55.5. The summed E-state index contributed by atoms with van der Waals surface area (Å²) in [6.07, 6.45) is 1.06. The predicted octanol–water partition coefficient (Wildman–Crippen LogP) is 4.28. The first kappa shape index (κ1) is 65.9. The second-order valence-electron chi connectivity index (χ2n) is 21.3. The molecule has 0 spiro atoms. The van der Waals surface area contributed by atoms with Crippen LogP contribution in [0.3, 0.4) is 0 Å². The van der Waals surface area contributed by atoms with Crippen molar-refractivity contribution in [2.45, 2.75) is 156 Å². The molecule has 0 bridgehead atoms. The molecule has 3 N–H and O–H groups in total. The SMILES string of the molecule is CC[C@H](C)[C@@H]([C@@H](CC(=O)N1CCC[C@H]1[C@H](OC)[C@@H](C)C(=O)N[C@@H](Cc1ccccc1)C(=O)NCCOCCOCCOCCOCCC(=O)OC(C)(C)C)OC)N(C)C(=O)[C@@H](NC(=O)[C@H](C(C)C)N(C)C)C(C)C. The van der Waals surface area contributed by atoms with E-state index in [2.05, 4.69) is 16.0 Å². The third kappa shape index (κ3) is 22.9. The Labute approximate surface area is 443 Å². The van der Waals surface area contributed by atoms with Crippen molar-refractivity contribution >= 4 is 35.5 Å². The van der Waals surface area contributed by atoms with Crippen LogP contribution in [0.25, 0.3) is 0 Å². The minimum absolute atomic E-state index is 0.0193. The zero-order valence-corrected chi connectivity index (χ0v) is 47.7. The van der Waals surface area contributed by atoms with Gasteiger partial charge >= 0.3 is 5.97 Å². The Balaban J connectivity index is 2.02. The number of carbonyl (C=O) groups excluding carboxylic acids is 6. The highest BCUT2D eigenvalue weighted by Crippen LogP contribution is 2.30. The van der Waals surface area contributed by atoms with Gasteiger partial charge in [0.25, 0.3) is 0 Å². The zero-order valence-electron chi connectivity index (χ0n) is 47.7. The molecule has 1 aliphatic heterocycles. The topological polar surface area (TPSA) is 213 Å². The van der Waals surface area contributed by atoms with Gasteiger partial charge in [-0.2, -0.15) is 0 Å². The molecule has 424 valence electrons. The molecule has 19 nitrogen and oxygen atoms in total. The Bertz CT molecular complexity index is 1810. The Morgan fingerprint density at radius 1 is 0.743 bits per heavy atom. The molecule has 1 fully saturated rings. The summed E-state index contributed by atoms with van der Waals surface area (Å²) in [5.74, 6) is -2.71. The first-order valence-corrected chi connectivity index (χ1v) is 26.7. The van der Waals surface area contributed by atoms with Crippen LogP contribution < -0.4 is 16.0 Å². The molecule has 0 aromatic heterocycles. The number of ether oxygens (including phenoxy) is 7. The number of hydrogen-bond donors (Lipinski definition) is 3.